The van der Waals surface area contributed by atoms with Crippen LogP contribution >= 0.6 is 0 Å². The van der Waals surface area contributed by atoms with Crippen LogP contribution in [-0.4, -0.2) is 23.9 Å². The second-order valence-electron chi connectivity index (χ2n) is 4.08. The van der Waals surface area contributed by atoms with Crippen LogP contribution in [0.5, 0.6) is 0 Å². The molecule has 2 atom stereocenters. The van der Waals surface area contributed by atoms with Crippen LogP contribution in [0.15, 0.2) is 0 Å². The molecule has 0 saturated carbocycles. The van der Waals surface area contributed by atoms with Crippen molar-refractivity contribution in [2.45, 2.75) is 71.5 Å². The number of hydrogen-bond acceptors (Lipinski definition) is 2. The largest absolute Gasteiger partial charge is 0.391 e. The van der Waals surface area contributed by atoms with E-state index in [1.807, 2.05) is 6.92 Å². The van der Waals surface area contributed by atoms with Crippen molar-refractivity contribution < 1.29 is 9.84 Å². The zero-order valence-electron chi connectivity index (χ0n) is 9.96. The lowest BCUT2D eigenvalue weighted by atomic mass is 10.1. The first-order chi connectivity index (χ1) is 6.68. The van der Waals surface area contributed by atoms with Crippen LogP contribution in [-0.2, 0) is 4.74 Å². The Kier molecular flexibility index (Phi) is 9.42. The molecule has 0 amide bonds. The first-order valence-electron chi connectivity index (χ1n) is 5.98. The van der Waals surface area contributed by atoms with Crippen LogP contribution in [0.3, 0.4) is 0 Å². The Morgan fingerprint density at radius 3 is 2.14 bits per heavy atom. The number of unbranched alkanes of at least 4 members (excludes halogenated alkanes) is 5. The highest BCUT2D eigenvalue weighted by molar-refractivity contribution is 4.56. The molecular formula is C12H26O2. The molecule has 0 radical (unpaired) electrons. The lowest BCUT2D eigenvalue weighted by Gasteiger charge is -2.15. The van der Waals surface area contributed by atoms with Gasteiger partial charge in [-0.05, 0) is 20.3 Å². The van der Waals surface area contributed by atoms with E-state index in [4.69, 9.17) is 9.84 Å². The van der Waals surface area contributed by atoms with Crippen molar-refractivity contribution in [3.05, 3.63) is 0 Å². The van der Waals surface area contributed by atoms with E-state index in [1.165, 1.54) is 32.1 Å². The maximum absolute atomic E-state index is 9.17. The highest BCUT2D eigenvalue weighted by atomic mass is 16.5. The van der Waals surface area contributed by atoms with Crippen molar-refractivity contribution in [1.29, 1.82) is 0 Å². The molecular weight excluding hydrogens is 176 g/mol. The van der Waals surface area contributed by atoms with Gasteiger partial charge in [0.2, 0.25) is 0 Å². The number of ether oxygens (including phenoxy) is 1. The molecule has 86 valence electrons. The molecule has 2 nitrogen and oxygen atoms in total. The highest BCUT2D eigenvalue weighted by Gasteiger charge is 2.07. The van der Waals surface area contributed by atoms with Crippen molar-refractivity contribution in [1.82, 2.24) is 0 Å². The summed E-state index contributed by atoms with van der Waals surface area (Å²) in [5.74, 6) is 0. The van der Waals surface area contributed by atoms with Gasteiger partial charge in [0.15, 0.2) is 0 Å². The van der Waals surface area contributed by atoms with Gasteiger partial charge in [-0.3, -0.25) is 0 Å². The molecule has 0 rings (SSSR count). The van der Waals surface area contributed by atoms with E-state index in [1.54, 1.807) is 6.92 Å². The van der Waals surface area contributed by atoms with Crippen LogP contribution < -0.4 is 0 Å². The van der Waals surface area contributed by atoms with Gasteiger partial charge >= 0.3 is 0 Å². The maximum Gasteiger partial charge on any atom is 0.0803 e. The fourth-order valence-corrected chi connectivity index (χ4v) is 1.29. The Balaban J connectivity index is 3.06. The Morgan fingerprint density at radius 2 is 1.57 bits per heavy atom. The zero-order chi connectivity index (χ0) is 10.8. The third-order valence-corrected chi connectivity index (χ3v) is 2.56. The normalized spacial score (nSPS) is 15.4. The van der Waals surface area contributed by atoms with E-state index in [2.05, 4.69) is 6.92 Å². The quantitative estimate of drug-likeness (QED) is 0.582. The number of aliphatic hydroxyl groups excluding tert-OH is 1. The smallest absolute Gasteiger partial charge is 0.0803 e. The van der Waals surface area contributed by atoms with Crippen molar-refractivity contribution in [2.75, 3.05) is 6.61 Å². The van der Waals surface area contributed by atoms with Crippen LogP contribution in [0.25, 0.3) is 0 Å². The summed E-state index contributed by atoms with van der Waals surface area (Å²) in [7, 11) is 0. The summed E-state index contributed by atoms with van der Waals surface area (Å²) in [6.07, 6.45) is 7.33. The van der Waals surface area contributed by atoms with Crippen molar-refractivity contribution in [2.24, 2.45) is 0 Å². The monoisotopic (exact) mass is 202 g/mol. The second kappa shape index (κ2) is 9.47. The van der Waals surface area contributed by atoms with E-state index in [0.717, 1.165) is 13.0 Å². The summed E-state index contributed by atoms with van der Waals surface area (Å²) in [5.41, 5.74) is 0. The third kappa shape index (κ3) is 8.52. The van der Waals surface area contributed by atoms with E-state index in [0.29, 0.717) is 0 Å². The lowest BCUT2D eigenvalue weighted by Crippen LogP contribution is -2.23. The predicted molar refractivity (Wildman–Crippen MR) is 60.5 cm³/mol. The van der Waals surface area contributed by atoms with Crippen LogP contribution in [0.1, 0.15) is 59.3 Å². The van der Waals surface area contributed by atoms with Crippen molar-refractivity contribution >= 4 is 0 Å². The maximum atomic E-state index is 9.17. The molecule has 0 fully saturated rings. The average Bonchev–Trinajstić information content (AvgIpc) is 2.16. The van der Waals surface area contributed by atoms with Gasteiger partial charge in [0.25, 0.3) is 0 Å². The summed E-state index contributed by atoms with van der Waals surface area (Å²) >= 11 is 0. The summed E-state index contributed by atoms with van der Waals surface area (Å²) in [5, 5.41) is 9.17. The summed E-state index contributed by atoms with van der Waals surface area (Å²) < 4.78 is 5.46. The predicted octanol–water partition coefficient (Wildman–Crippen LogP) is 3.13. The second-order valence-corrected chi connectivity index (χ2v) is 4.08. The van der Waals surface area contributed by atoms with Crippen LogP contribution in [0, 0.1) is 0 Å². The Labute approximate surface area is 88.7 Å². The van der Waals surface area contributed by atoms with E-state index >= 15 is 0 Å². The molecule has 0 aliphatic heterocycles. The molecule has 0 aromatic rings. The van der Waals surface area contributed by atoms with Gasteiger partial charge in [0, 0.05) is 6.61 Å². The zero-order valence-corrected chi connectivity index (χ0v) is 9.96. The number of hydrogen-bond donors (Lipinski definition) is 1. The van der Waals surface area contributed by atoms with Gasteiger partial charge in [0.1, 0.15) is 0 Å². The SMILES string of the molecule is CCCCCCCCOC(C)C(C)O. The fourth-order valence-electron chi connectivity index (χ4n) is 1.29. The Hall–Kier alpha value is -0.0800. The summed E-state index contributed by atoms with van der Waals surface area (Å²) in [6, 6.07) is 0. The fraction of sp³-hybridized carbons (Fsp3) is 1.00. The average molecular weight is 202 g/mol. The van der Waals surface area contributed by atoms with Crippen LogP contribution in [0.4, 0.5) is 0 Å². The van der Waals surface area contributed by atoms with Gasteiger partial charge in [-0.25, -0.2) is 0 Å². The molecule has 0 aromatic carbocycles. The molecule has 0 spiro atoms. The minimum Gasteiger partial charge on any atom is -0.391 e. The van der Waals surface area contributed by atoms with Crippen molar-refractivity contribution in [3.63, 3.8) is 0 Å². The highest BCUT2D eigenvalue weighted by Crippen LogP contribution is 2.06. The topological polar surface area (TPSA) is 29.5 Å². The molecule has 14 heavy (non-hydrogen) atoms. The molecule has 0 bridgehead atoms. The number of aliphatic hydroxyl groups is 1. The van der Waals surface area contributed by atoms with Gasteiger partial charge < -0.3 is 9.84 Å². The van der Waals surface area contributed by atoms with Gasteiger partial charge in [0.05, 0.1) is 12.2 Å². The molecule has 0 heterocycles. The Bertz CT molecular complexity index is 113. The Morgan fingerprint density at radius 1 is 1.00 bits per heavy atom. The molecule has 0 aromatic heterocycles. The molecule has 0 saturated heterocycles. The van der Waals surface area contributed by atoms with Gasteiger partial charge in [-0.1, -0.05) is 39.0 Å². The molecule has 0 aliphatic carbocycles. The number of rotatable bonds is 9. The molecule has 2 unspecified atom stereocenters. The molecule has 2 heteroatoms. The lowest BCUT2D eigenvalue weighted by molar-refractivity contribution is -0.0194. The summed E-state index contributed by atoms with van der Waals surface area (Å²) in [6.45, 7) is 6.71. The molecule has 0 aliphatic rings. The first-order valence-corrected chi connectivity index (χ1v) is 5.98. The van der Waals surface area contributed by atoms with Crippen LogP contribution in [0.2, 0.25) is 0 Å². The van der Waals surface area contributed by atoms with Crippen molar-refractivity contribution in [3.8, 4) is 0 Å². The van der Waals surface area contributed by atoms with Gasteiger partial charge in [-0.15, -0.1) is 0 Å². The minimum atomic E-state index is -0.352. The minimum absolute atomic E-state index is 0.0226. The van der Waals surface area contributed by atoms with E-state index in [-0.39, 0.29) is 12.2 Å². The van der Waals surface area contributed by atoms with Gasteiger partial charge in [-0.2, -0.15) is 0 Å². The standard InChI is InChI=1S/C12H26O2/c1-4-5-6-7-8-9-10-14-12(3)11(2)13/h11-13H,4-10H2,1-3H3. The molecule has 1 N–H and O–H groups in total. The van der Waals surface area contributed by atoms with E-state index < -0.39 is 0 Å². The summed E-state index contributed by atoms with van der Waals surface area (Å²) in [4.78, 5) is 0. The van der Waals surface area contributed by atoms with E-state index in [9.17, 15) is 0 Å². The third-order valence-electron chi connectivity index (χ3n) is 2.56. The first kappa shape index (κ1) is 13.9.